The van der Waals surface area contributed by atoms with Gasteiger partial charge in [-0.15, -0.1) is 5.10 Å². The SMILES string of the molecule is O=C(Nc1nnc(-c2ccccc2)o1)c1cccc(C(F)(F)F)c1F. The summed E-state index contributed by atoms with van der Waals surface area (Å²) in [6.07, 6.45) is -4.91. The summed E-state index contributed by atoms with van der Waals surface area (Å²) >= 11 is 0. The van der Waals surface area contributed by atoms with E-state index in [2.05, 4.69) is 15.5 Å². The lowest BCUT2D eigenvalue weighted by molar-refractivity contribution is -0.140. The van der Waals surface area contributed by atoms with E-state index in [1.54, 1.807) is 30.3 Å². The maximum Gasteiger partial charge on any atom is 0.419 e. The van der Waals surface area contributed by atoms with Gasteiger partial charge in [0.25, 0.3) is 5.91 Å². The third-order valence-electron chi connectivity index (χ3n) is 3.21. The first kappa shape index (κ1) is 16.6. The molecule has 0 aliphatic rings. The number of benzene rings is 2. The van der Waals surface area contributed by atoms with Gasteiger partial charge in [-0.1, -0.05) is 29.4 Å². The third-order valence-corrected chi connectivity index (χ3v) is 3.21. The predicted molar refractivity (Wildman–Crippen MR) is 79.1 cm³/mol. The van der Waals surface area contributed by atoms with Gasteiger partial charge in [0.05, 0.1) is 11.1 Å². The van der Waals surface area contributed by atoms with Crippen LogP contribution < -0.4 is 5.32 Å². The summed E-state index contributed by atoms with van der Waals surface area (Å²) in [5, 5.41) is 9.35. The van der Waals surface area contributed by atoms with Crippen molar-refractivity contribution in [1.29, 1.82) is 0 Å². The highest BCUT2D eigenvalue weighted by atomic mass is 19.4. The van der Waals surface area contributed by atoms with E-state index >= 15 is 0 Å². The molecule has 3 aromatic rings. The molecule has 0 radical (unpaired) electrons. The summed E-state index contributed by atoms with van der Waals surface area (Å²) < 4.78 is 57.2. The maximum atomic E-state index is 13.9. The van der Waals surface area contributed by atoms with Crippen LogP contribution in [0.4, 0.5) is 23.6 Å². The van der Waals surface area contributed by atoms with Crippen LogP contribution in [0.1, 0.15) is 15.9 Å². The van der Waals surface area contributed by atoms with Crippen LogP contribution in [0.5, 0.6) is 0 Å². The molecule has 25 heavy (non-hydrogen) atoms. The van der Waals surface area contributed by atoms with E-state index in [0.29, 0.717) is 11.6 Å². The second-order valence-corrected chi connectivity index (χ2v) is 4.90. The monoisotopic (exact) mass is 351 g/mol. The van der Waals surface area contributed by atoms with E-state index in [-0.39, 0.29) is 11.9 Å². The van der Waals surface area contributed by atoms with Crippen molar-refractivity contribution < 1.29 is 26.8 Å². The third kappa shape index (κ3) is 3.49. The molecule has 1 aromatic heterocycles. The molecule has 0 atom stereocenters. The molecule has 0 unspecified atom stereocenters. The summed E-state index contributed by atoms with van der Waals surface area (Å²) in [4.78, 5) is 12.0. The number of rotatable bonds is 3. The standard InChI is InChI=1S/C16H9F4N3O2/c17-12-10(7-4-8-11(12)16(18,19)20)13(24)21-15-23-22-14(25-15)9-5-2-1-3-6-9/h1-8H,(H,21,23,24). The fourth-order valence-electron chi connectivity index (χ4n) is 2.06. The number of anilines is 1. The molecule has 0 bridgehead atoms. The lowest BCUT2D eigenvalue weighted by Gasteiger charge is -2.10. The minimum atomic E-state index is -4.91. The minimum absolute atomic E-state index is 0.0976. The van der Waals surface area contributed by atoms with Crippen molar-refractivity contribution in [1.82, 2.24) is 10.2 Å². The lowest BCUT2D eigenvalue weighted by atomic mass is 10.1. The van der Waals surface area contributed by atoms with Gasteiger partial charge >= 0.3 is 12.2 Å². The zero-order valence-electron chi connectivity index (χ0n) is 12.3. The number of amides is 1. The van der Waals surface area contributed by atoms with Crippen molar-refractivity contribution in [2.75, 3.05) is 5.32 Å². The topological polar surface area (TPSA) is 68.0 Å². The summed E-state index contributed by atoms with van der Waals surface area (Å²) in [5.74, 6) is -2.71. The van der Waals surface area contributed by atoms with E-state index < -0.39 is 29.0 Å². The molecule has 2 aromatic carbocycles. The maximum absolute atomic E-state index is 13.9. The second kappa shape index (κ2) is 6.34. The Morgan fingerprint density at radius 3 is 2.40 bits per heavy atom. The predicted octanol–water partition coefficient (Wildman–Crippen LogP) is 4.15. The molecular formula is C16H9F4N3O2. The average molecular weight is 351 g/mol. The lowest BCUT2D eigenvalue weighted by Crippen LogP contribution is -2.17. The van der Waals surface area contributed by atoms with Crippen molar-refractivity contribution in [3.63, 3.8) is 0 Å². The van der Waals surface area contributed by atoms with Gasteiger partial charge in [0, 0.05) is 5.56 Å². The molecule has 1 amide bonds. The van der Waals surface area contributed by atoms with Crippen molar-refractivity contribution in [3.8, 4) is 11.5 Å². The Hall–Kier alpha value is -3.23. The number of aromatic nitrogens is 2. The summed E-state index contributed by atoms with van der Waals surface area (Å²) in [6, 6.07) is 10.7. The quantitative estimate of drug-likeness (QED) is 0.720. The molecule has 128 valence electrons. The molecule has 0 aliphatic heterocycles. The van der Waals surface area contributed by atoms with Gasteiger partial charge in [0.2, 0.25) is 5.89 Å². The van der Waals surface area contributed by atoms with Crippen LogP contribution in [-0.4, -0.2) is 16.1 Å². The molecule has 1 N–H and O–H groups in total. The molecule has 0 spiro atoms. The van der Waals surface area contributed by atoms with Crippen molar-refractivity contribution in [2.45, 2.75) is 6.18 Å². The molecule has 0 saturated heterocycles. The number of nitrogens with one attached hydrogen (secondary N) is 1. The zero-order chi connectivity index (χ0) is 18.0. The van der Waals surface area contributed by atoms with Gasteiger partial charge in [0.1, 0.15) is 5.82 Å². The van der Waals surface area contributed by atoms with Gasteiger partial charge in [-0.05, 0) is 24.3 Å². The second-order valence-electron chi connectivity index (χ2n) is 4.90. The van der Waals surface area contributed by atoms with Crippen LogP contribution >= 0.6 is 0 Å². The summed E-state index contributed by atoms with van der Waals surface area (Å²) in [6.45, 7) is 0. The number of carbonyl (C=O) groups is 1. The Morgan fingerprint density at radius 1 is 1.00 bits per heavy atom. The van der Waals surface area contributed by atoms with Crippen molar-refractivity contribution in [2.24, 2.45) is 0 Å². The number of carbonyl (C=O) groups excluding carboxylic acids is 1. The molecular weight excluding hydrogens is 342 g/mol. The minimum Gasteiger partial charge on any atom is -0.403 e. The van der Waals surface area contributed by atoms with Crippen LogP contribution in [0.2, 0.25) is 0 Å². The fraction of sp³-hybridized carbons (Fsp3) is 0.0625. The van der Waals surface area contributed by atoms with Crippen LogP contribution in [0.15, 0.2) is 52.9 Å². The van der Waals surface area contributed by atoms with Gasteiger partial charge < -0.3 is 4.42 Å². The highest BCUT2D eigenvalue weighted by molar-refractivity contribution is 6.03. The highest BCUT2D eigenvalue weighted by Gasteiger charge is 2.35. The number of hydrogen-bond donors (Lipinski definition) is 1. The Morgan fingerprint density at radius 2 is 1.72 bits per heavy atom. The number of hydrogen-bond acceptors (Lipinski definition) is 4. The molecule has 9 heteroatoms. The van der Waals surface area contributed by atoms with Crippen molar-refractivity contribution in [3.05, 3.63) is 65.5 Å². The Labute approximate surface area is 138 Å². The van der Waals surface area contributed by atoms with Crippen LogP contribution in [0.25, 0.3) is 11.5 Å². The van der Waals surface area contributed by atoms with E-state index in [4.69, 9.17) is 4.42 Å². The van der Waals surface area contributed by atoms with E-state index in [1.165, 1.54) is 0 Å². The van der Waals surface area contributed by atoms with Crippen LogP contribution in [0.3, 0.4) is 0 Å². The van der Waals surface area contributed by atoms with Gasteiger partial charge in [-0.3, -0.25) is 10.1 Å². The molecule has 1 heterocycles. The number of alkyl halides is 3. The van der Waals surface area contributed by atoms with E-state index in [9.17, 15) is 22.4 Å². The van der Waals surface area contributed by atoms with Gasteiger partial charge in [-0.25, -0.2) is 4.39 Å². The van der Waals surface area contributed by atoms with Gasteiger partial charge in [-0.2, -0.15) is 13.2 Å². The molecule has 0 saturated carbocycles. The number of halogens is 4. The zero-order valence-corrected chi connectivity index (χ0v) is 12.3. The average Bonchev–Trinajstić information content (AvgIpc) is 3.03. The molecule has 0 fully saturated rings. The number of nitrogens with zero attached hydrogens (tertiary/aromatic N) is 2. The van der Waals surface area contributed by atoms with Crippen molar-refractivity contribution >= 4 is 11.9 Å². The smallest absolute Gasteiger partial charge is 0.403 e. The summed E-state index contributed by atoms with van der Waals surface area (Å²) in [5.41, 5.74) is -1.73. The highest BCUT2D eigenvalue weighted by Crippen LogP contribution is 2.32. The van der Waals surface area contributed by atoms with Crippen LogP contribution in [-0.2, 0) is 6.18 Å². The Balaban J connectivity index is 1.83. The summed E-state index contributed by atoms with van der Waals surface area (Å²) in [7, 11) is 0. The first-order chi connectivity index (χ1) is 11.9. The Bertz CT molecular complexity index is 907. The first-order valence-corrected chi connectivity index (χ1v) is 6.92. The molecule has 0 aliphatic carbocycles. The largest absolute Gasteiger partial charge is 0.419 e. The normalized spacial score (nSPS) is 11.4. The van der Waals surface area contributed by atoms with Crippen LogP contribution in [0, 0.1) is 5.82 Å². The molecule has 3 rings (SSSR count). The Kier molecular flexibility index (Phi) is 4.22. The van der Waals surface area contributed by atoms with E-state index in [1.807, 2.05) is 0 Å². The van der Waals surface area contributed by atoms with Gasteiger partial charge in [0.15, 0.2) is 0 Å². The fourth-order valence-corrected chi connectivity index (χ4v) is 2.06. The molecule has 5 nitrogen and oxygen atoms in total. The van der Waals surface area contributed by atoms with E-state index in [0.717, 1.165) is 12.1 Å². The first-order valence-electron chi connectivity index (χ1n) is 6.92.